The molecule has 1 aliphatic rings. The molecule has 0 saturated carbocycles. The van der Waals surface area contributed by atoms with Gasteiger partial charge in [0.15, 0.2) is 11.5 Å². The lowest BCUT2D eigenvalue weighted by atomic mass is 9.98. The van der Waals surface area contributed by atoms with Gasteiger partial charge in [-0.25, -0.2) is 0 Å². The van der Waals surface area contributed by atoms with Crippen molar-refractivity contribution >= 4 is 11.8 Å². The molecule has 0 radical (unpaired) electrons. The van der Waals surface area contributed by atoms with Gasteiger partial charge in [-0.2, -0.15) is 0 Å². The van der Waals surface area contributed by atoms with Crippen molar-refractivity contribution < 1.29 is 19.1 Å². The molecular formula is C19H28N2O4. The van der Waals surface area contributed by atoms with Crippen LogP contribution in [0, 0.1) is 0 Å². The SMILES string of the molecule is CCCN(CCC)C(=O)C(=O)N1CCc2cc(OC)c(OC)cc2C1. The molecule has 0 aliphatic carbocycles. The Morgan fingerprint density at radius 1 is 1.04 bits per heavy atom. The minimum Gasteiger partial charge on any atom is -0.493 e. The second-order valence-electron chi connectivity index (χ2n) is 6.24. The Hall–Kier alpha value is -2.24. The van der Waals surface area contributed by atoms with E-state index in [2.05, 4.69) is 0 Å². The third-order valence-corrected chi connectivity index (χ3v) is 4.46. The Bertz CT molecular complexity index is 624. The number of ether oxygens (including phenoxy) is 2. The van der Waals surface area contributed by atoms with Gasteiger partial charge in [0.25, 0.3) is 0 Å². The van der Waals surface area contributed by atoms with Gasteiger partial charge in [-0.1, -0.05) is 13.8 Å². The lowest BCUT2D eigenvalue weighted by Crippen LogP contribution is -2.47. The summed E-state index contributed by atoms with van der Waals surface area (Å²) in [6.45, 7) is 6.22. The number of rotatable bonds is 6. The molecule has 0 fully saturated rings. The van der Waals surface area contributed by atoms with Crippen molar-refractivity contribution in [3.63, 3.8) is 0 Å². The fourth-order valence-corrected chi connectivity index (χ4v) is 3.18. The van der Waals surface area contributed by atoms with E-state index >= 15 is 0 Å². The van der Waals surface area contributed by atoms with E-state index in [1.807, 2.05) is 26.0 Å². The molecule has 0 N–H and O–H groups in total. The van der Waals surface area contributed by atoms with Gasteiger partial charge in [0.05, 0.1) is 14.2 Å². The Morgan fingerprint density at radius 3 is 2.12 bits per heavy atom. The molecular weight excluding hydrogens is 320 g/mol. The largest absolute Gasteiger partial charge is 0.493 e. The first-order valence-corrected chi connectivity index (χ1v) is 8.87. The molecule has 25 heavy (non-hydrogen) atoms. The van der Waals surface area contributed by atoms with Crippen LogP contribution in [0.15, 0.2) is 12.1 Å². The molecule has 2 rings (SSSR count). The number of hydrogen-bond acceptors (Lipinski definition) is 4. The summed E-state index contributed by atoms with van der Waals surface area (Å²) in [7, 11) is 3.20. The van der Waals surface area contributed by atoms with Crippen LogP contribution in [0.2, 0.25) is 0 Å². The first kappa shape index (κ1) is 19.1. The molecule has 138 valence electrons. The second kappa shape index (κ2) is 8.74. The summed E-state index contributed by atoms with van der Waals surface area (Å²) >= 11 is 0. The number of nitrogens with zero attached hydrogens (tertiary/aromatic N) is 2. The minimum atomic E-state index is -0.415. The number of carbonyl (C=O) groups is 2. The molecule has 6 nitrogen and oxygen atoms in total. The predicted molar refractivity (Wildman–Crippen MR) is 95.8 cm³/mol. The molecule has 0 saturated heterocycles. The summed E-state index contributed by atoms with van der Waals surface area (Å²) < 4.78 is 10.7. The highest BCUT2D eigenvalue weighted by Crippen LogP contribution is 2.33. The van der Waals surface area contributed by atoms with Crippen LogP contribution in [0.5, 0.6) is 11.5 Å². The van der Waals surface area contributed by atoms with E-state index in [1.165, 1.54) is 0 Å². The monoisotopic (exact) mass is 348 g/mol. The highest BCUT2D eigenvalue weighted by atomic mass is 16.5. The van der Waals surface area contributed by atoms with Gasteiger partial charge in [-0.3, -0.25) is 9.59 Å². The predicted octanol–water partition coefficient (Wildman–Crippen LogP) is 2.24. The van der Waals surface area contributed by atoms with Crippen LogP contribution in [0.1, 0.15) is 37.8 Å². The third-order valence-electron chi connectivity index (χ3n) is 4.46. The van der Waals surface area contributed by atoms with Crippen molar-refractivity contribution in [1.29, 1.82) is 0 Å². The van der Waals surface area contributed by atoms with Crippen LogP contribution in [-0.4, -0.2) is 55.5 Å². The normalized spacial score (nSPS) is 13.2. The van der Waals surface area contributed by atoms with Crippen LogP contribution in [0.3, 0.4) is 0 Å². The zero-order chi connectivity index (χ0) is 18.4. The summed E-state index contributed by atoms with van der Waals surface area (Å²) in [4.78, 5) is 28.5. The highest BCUT2D eigenvalue weighted by Gasteiger charge is 2.29. The van der Waals surface area contributed by atoms with E-state index in [0.717, 1.165) is 24.0 Å². The van der Waals surface area contributed by atoms with Crippen molar-refractivity contribution in [2.75, 3.05) is 33.9 Å². The average Bonchev–Trinajstić information content (AvgIpc) is 2.64. The first-order chi connectivity index (χ1) is 12.0. The number of amides is 2. The van der Waals surface area contributed by atoms with Crippen molar-refractivity contribution in [2.24, 2.45) is 0 Å². The van der Waals surface area contributed by atoms with E-state index in [4.69, 9.17) is 9.47 Å². The molecule has 1 aromatic rings. The number of hydrogen-bond donors (Lipinski definition) is 0. The van der Waals surface area contributed by atoms with Crippen LogP contribution in [-0.2, 0) is 22.6 Å². The van der Waals surface area contributed by atoms with E-state index in [9.17, 15) is 9.59 Å². The number of benzene rings is 1. The summed E-state index contributed by atoms with van der Waals surface area (Å²) in [5, 5.41) is 0. The molecule has 0 spiro atoms. The molecule has 1 heterocycles. The third kappa shape index (κ3) is 4.24. The molecule has 0 aromatic heterocycles. The Balaban J connectivity index is 2.15. The quantitative estimate of drug-likeness (QED) is 0.740. The zero-order valence-corrected chi connectivity index (χ0v) is 15.6. The van der Waals surface area contributed by atoms with E-state index in [0.29, 0.717) is 44.1 Å². The maximum absolute atomic E-state index is 12.7. The van der Waals surface area contributed by atoms with Gasteiger partial charge in [0.2, 0.25) is 0 Å². The fourth-order valence-electron chi connectivity index (χ4n) is 3.18. The molecule has 6 heteroatoms. The van der Waals surface area contributed by atoms with Gasteiger partial charge >= 0.3 is 11.8 Å². The van der Waals surface area contributed by atoms with Crippen LogP contribution in [0.25, 0.3) is 0 Å². The lowest BCUT2D eigenvalue weighted by molar-refractivity contribution is -0.152. The zero-order valence-electron chi connectivity index (χ0n) is 15.6. The van der Waals surface area contributed by atoms with E-state index in [-0.39, 0.29) is 0 Å². The Labute approximate surface area is 149 Å². The van der Waals surface area contributed by atoms with Crippen LogP contribution < -0.4 is 9.47 Å². The van der Waals surface area contributed by atoms with Crippen LogP contribution in [0.4, 0.5) is 0 Å². The summed E-state index contributed by atoms with van der Waals surface area (Å²) in [6, 6.07) is 3.85. The number of methoxy groups -OCH3 is 2. The summed E-state index contributed by atoms with van der Waals surface area (Å²) in [5.41, 5.74) is 2.13. The van der Waals surface area contributed by atoms with Crippen molar-refractivity contribution in [3.8, 4) is 11.5 Å². The Kier molecular flexibility index (Phi) is 6.67. The van der Waals surface area contributed by atoms with Gasteiger partial charge in [-0.05, 0) is 42.5 Å². The standard InChI is InChI=1S/C19H28N2O4/c1-5-8-20(9-6-2)18(22)19(23)21-10-7-14-11-16(24-3)17(25-4)12-15(14)13-21/h11-12H,5-10,13H2,1-4H3. The fraction of sp³-hybridized carbons (Fsp3) is 0.579. The lowest BCUT2D eigenvalue weighted by Gasteiger charge is -2.31. The minimum absolute atomic E-state index is 0.396. The van der Waals surface area contributed by atoms with E-state index in [1.54, 1.807) is 24.0 Å². The first-order valence-electron chi connectivity index (χ1n) is 8.87. The van der Waals surface area contributed by atoms with Gasteiger partial charge in [0, 0.05) is 26.2 Å². The van der Waals surface area contributed by atoms with Gasteiger partial charge in [-0.15, -0.1) is 0 Å². The van der Waals surface area contributed by atoms with Crippen LogP contribution >= 0.6 is 0 Å². The summed E-state index contributed by atoms with van der Waals surface area (Å²) in [5.74, 6) is 0.518. The smallest absolute Gasteiger partial charge is 0.312 e. The van der Waals surface area contributed by atoms with Crippen molar-refractivity contribution in [3.05, 3.63) is 23.3 Å². The molecule has 1 aromatic carbocycles. The van der Waals surface area contributed by atoms with Crippen molar-refractivity contribution in [1.82, 2.24) is 9.80 Å². The summed E-state index contributed by atoms with van der Waals surface area (Å²) in [6.07, 6.45) is 2.40. The molecule has 0 atom stereocenters. The second-order valence-corrected chi connectivity index (χ2v) is 6.24. The molecule has 1 aliphatic heterocycles. The Morgan fingerprint density at radius 2 is 1.60 bits per heavy atom. The molecule has 0 unspecified atom stereocenters. The number of fused-ring (bicyclic) bond motifs is 1. The number of carbonyl (C=O) groups excluding carboxylic acids is 2. The van der Waals surface area contributed by atoms with Gasteiger partial charge in [0.1, 0.15) is 0 Å². The molecule has 0 bridgehead atoms. The highest BCUT2D eigenvalue weighted by molar-refractivity contribution is 6.34. The average molecular weight is 348 g/mol. The molecule has 2 amide bonds. The maximum atomic E-state index is 12.7. The maximum Gasteiger partial charge on any atom is 0.312 e. The topological polar surface area (TPSA) is 59.1 Å². The van der Waals surface area contributed by atoms with Crippen molar-refractivity contribution in [2.45, 2.75) is 39.7 Å². The van der Waals surface area contributed by atoms with Gasteiger partial charge < -0.3 is 19.3 Å². The van der Waals surface area contributed by atoms with E-state index < -0.39 is 11.8 Å².